The average Bonchev–Trinajstić information content (AvgIpc) is 3.12. The fraction of sp³-hybridized carbons (Fsp3) is 0.394. The summed E-state index contributed by atoms with van der Waals surface area (Å²) in [6, 6.07) is 21.7. The summed E-state index contributed by atoms with van der Waals surface area (Å²) in [4.78, 5) is 21.5. The maximum absolute atomic E-state index is 14.2. The fourth-order valence-corrected chi connectivity index (χ4v) is 5.57. The van der Waals surface area contributed by atoms with Crippen molar-refractivity contribution in [3.05, 3.63) is 99.0 Å². The van der Waals surface area contributed by atoms with E-state index in [1.54, 1.807) is 0 Å². The third-order valence-corrected chi connectivity index (χ3v) is 8.36. The molecule has 0 N–H and O–H groups in total. The number of amidine groups is 1. The number of rotatable bonds is 6. The molecule has 6 heteroatoms. The summed E-state index contributed by atoms with van der Waals surface area (Å²) >= 11 is 12.6. The molecule has 4 nitrogen and oxygen atoms in total. The monoisotopic (exact) mass is 564 g/mol. The average molecular weight is 566 g/mol. The first kappa shape index (κ1) is 29.2. The summed E-state index contributed by atoms with van der Waals surface area (Å²) in [5.41, 5.74) is 2.02. The van der Waals surface area contributed by atoms with Gasteiger partial charge in [-0.05, 0) is 79.3 Å². The second-order valence-electron chi connectivity index (χ2n) is 11.8. The van der Waals surface area contributed by atoms with Crippen LogP contribution in [0.15, 0.2) is 71.7 Å². The summed E-state index contributed by atoms with van der Waals surface area (Å²) in [5.74, 6) is 1.02. The van der Waals surface area contributed by atoms with Gasteiger partial charge in [-0.15, -0.1) is 0 Å². The highest BCUT2D eigenvalue weighted by molar-refractivity contribution is 6.30. The van der Waals surface area contributed by atoms with Gasteiger partial charge in [-0.25, -0.2) is 0 Å². The molecule has 0 aromatic heterocycles. The van der Waals surface area contributed by atoms with Crippen molar-refractivity contribution >= 4 is 34.9 Å². The quantitative estimate of drug-likeness (QED) is 0.300. The number of hydrogen-bond donors (Lipinski definition) is 0. The lowest BCUT2D eigenvalue weighted by atomic mass is 9.70. The molecule has 1 aliphatic heterocycles. The second kappa shape index (κ2) is 10.6. The molecular formula is C33H38Cl2N2O2. The van der Waals surface area contributed by atoms with E-state index in [0.717, 1.165) is 22.3 Å². The van der Waals surface area contributed by atoms with Crippen LogP contribution in [0.1, 0.15) is 77.6 Å². The van der Waals surface area contributed by atoms with Gasteiger partial charge in [0.15, 0.2) is 0 Å². The molecule has 1 amide bonds. The number of halogens is 2. The van der Waals surface area contributed by atoms with Gasteiger partial charge in [-0.1, -0.05) is 88.2 Å². The highest BCUT2D eigenvalue weighted by Gasteiger charge is 2.59. The third kappa shape index (κ3) is 5.10. The van der Waals surface area contributed by atoms with Gasteiger partial charge in [-0.3, -0.25) is 14.7 Å². The van der Waals surface area contributed by atoms with Crippen LogP contribution in [-0.4, -0.2) is 23.2 Å². The lowest BCUT2D eigenvalue weighted by Gasteiger charge is -2.46. The third-order valence-electron chi connectivity index (χ3n) is 7.85. The lowest BCUT2D eigenvalue weighted by Crippen LogP contribution is -2.56. The van der Waals surface area contributed by atoms with Crippen LogP contribution in [-0.2, 0) is 21.3 Å². The number of ether oxygens (including phenoxy) is 1. The first-order valence-corrected chi connectivity index (χ1v) is 14.2. The standard InChI is InChI=1S/C33H38Cl2N2O2/c1-9-39-28-20-24(31(4,5)6)14-19-27(28)29-36-32(7,22-10-15-25(34)16-11-22)33(8,37(29)30(38)21(2)3)23-12-17-26(35)18-13-23/h10-21H,9H2,1-8H3. The van der Waals surface area contributed by atoms with Crippen molar-refractivity contribution in [2.24, 2.45) is 10.9 Å². The molecule has 0 saturated heterocycles. The van der Waals surface area contributed by atoms with Crippen LogP contribution in [0.25, 0.3) is 0 Å². The topological polar surface area (TPSA) is 41.9 Å². The molecule has 3 aromatic carbocycles. The van der Waals surface area contributed by atoms with E-state index < -0.39 is 11.1 Å². The Balaban J connectivity index is 2.07. The Hall–Kier alpha value is -2.82. The molecule has 3 aromatic rings. The van der Waals surface area contributed by atoms with Crippen LogP contribution in [0.5, 0.6) is 5.75 Å². The Kier molecular flexibility index (Phi) is 7.95. The van der Waals surface area contributed by atoms with Crippen LogP contribution in [0.3, 0.4) is 0 Å². The Labute approximate surface area is 243 Å². The lowest BCUT2D eigenvalue weighted by molar-refractivity contribution is -0.136. The Morgan fingerprint density at radius 3 is 1.95 bits per heavy atom. The molecular weight excluding hydrogens is 527 g/mol. The van der Waals surface area contributed by atoms with Gasteiger partial charge in [0.05, 0.1) is 12.2 Å². The van der Waals surface area contributed by atoms with E-state index >= 15 is 0 Å². The van der Waals surface area contributed by atoms with E-state index in [0.29, 0.717) is 28.2 Å². The van der Waals surface area contributed by atoms with Crippen molar-refractivity contribution in [1.29, 1.82) is 0 Å². The maximum atomic E-state index is 14.2. The molecule has 2 atom stereocenters. The predicted octanol–water partition coefficient (Wildman–Crippen LogP) is 8.77. The van der Waals surface area contributed by atoms with Crippen LogP contribution in [0, 0.1) is 5.92 Å². The number of carbonyl (C=O) groups excluding carboxylic acids is 1. The van der Waals surface area contributed by atoms with Gasteiger partial charge in [-0.2, -0.15) is 0 Å². The van der Waals surface area contributed by atoms with Gasteiger partial charge in [0.25, 0.3) is 0 Å². The van der Waals surface area contributed by atoms with Crippen molar-refractivity contribution in [2.45, 2.75) is 71.9 Å². The minimum absolute atomic E-state index is 0.0220. The minimum atomic E-state index is -0.881. The Morgan fingerprint density at radius 2 is 1.46 bits per heavy atom. The van der Waals surface area contributed by atoms with Crippen molar-refractivity contribution in [1.82, 2.24) is 4.90 Å². The van der Waals surface area contributed by atoms with E-state index in [1.165, 1.54) is 0 Å². The Bertz CT molecular complexity index is 1390. The summed E-state index contributed by atoms with van der Waals surface area (Å²) in [7, 11) is 0. The molecule has 1 heterocycles. The normalized spacial score (nSPS) is 21.3. The molecule has 39 heavy (non-hydrogen) atoms. The zero-order valence-electron chi connectivity index (χ0n) is 24.1. The van der Waals surface area contributed by atoms with E-state index in [1.807, 2.05) is 80.3 Å². The number of amides is 1. The molecule has 1 aliphatic rings. The molecule has 206 valence electrons. The van der Waals surface area contributed by atoms with E-state index in [4.69, 9.17) is 32.9 Å². The Morgan fingerprint density at radius 1 is 0.923 bits per heavy atom. The molecule has 2 unspecified atom stereocenters. The van der Waals surface area contributed by atoms with Crippen LogP contribution >= 0.6 is 23.2 Å². The van der Waals surface area contributed by atoms with Crippen LogP contribution < -0.4 is 4.74 Å². The first-order valence-electron chi connectivity index (χ1n) is 13.5. The highest BCUT2D eigenvalue weighted by Crippen LogP contribution is 2.54. The van der Waals surface area contributed by atoms with Gasteiger partial charge < -0.3 is 4.74 Å². The van der Waals surface area contributed by atoms with E-state index in [9.17, 15) is 4.79 Å². The largest absolute Gasteiger partial charge is 0.493 e. The summed E-state index contributed by atoms with van der Waals surface area (Å²) < 4.78 is 6.20. The number of benzene rings is 3. The maximum Gasteiger partial charge on any atom is 0.231 e. The summed E-state index contributed by atoms with van der Waals surface area (Å²) in [5, 5.41) is 1.28. The van der Waals surface area contributed by atoms with Gasteiger partial charge >= 0.3 is 0 Å². The molecule has 0 saturated carbocycles. The predicted molar refractivity (Wildman–Crippen MR) is 162 cm³/mol. The smallest absolute Gasteiger partial charge is 0.231 e. The number of aliphatic imine (C=N–C) groups is 1. The van der Waals surface area contributed by atoms with Crippen LogP contribution in [0.2, 0.25) is 10.0 Å². The van der Waals surface area contributed by atoms with E-state index in [2.05, 4.69) is 46.8 Å². The molecule has 0 aliphatic carbocycles. The van der Waals surface area contributed by atoms with E-state index in [-0.39, 0.29) is 17.2 Å². The first-order chi connectivity index (χ1) is 18.2. The van der Waals surface area contributed by atoms with Gasteiger partial charge in [0, 0.05) is 16.0 Å². The van der Waals surface area contributed by atoms with Gasteiger partial charge in [0.1, 0.15) is 22.7 Å². The molecule has 0 spiro atoms. The molecule has 4 rings (SSSR count). The van der Waals surface area contributed by atoms with Crippen molar-refractivity contribution in [3.63, 3.8) is 0 Å². The van der Waals surface area contributed by atoms with Crippen LogP contribution in [0.4, 0.5) is 0 Å². The van der Waals surface area contributed by atoms with Crippen molar-refractivity contribution < 1.29 is 9.53 Å². The molecule has 0 radical (unpaired) electrons. The zero-order valence-corrected chi connectivity index (χ0v) is 25.6. The summed E-state index contributed by atoms with van der Waals surface area (Å²) in [6.45, 7) is 17.0. The van der Waals surface area contributed by atoms with Crippen molar-refractivity contribution in [2.75, 3.05) is 6.61 Å². The minimum Gasteiger partial charge on any atom is -0.493 e. The SMILES string of the molecule is CCOc1cc(C(C)(C)C)ccc1C1=NC(C)(c2ccc(Cl)cc2)C(C)(c2ccc(Cl)cc2)N1C(=O)C(C)C. The van der Waals surface area contributed by atoms with Gasteiger partial charge in [0.2, 0.25) is 5.91 Å². The molecule has 0 fully saturated rings. The zero-order chi connectivity index (χ0) is 28.8. The number of carbonyl (C=O) groups is 1. The summed E-state index contributed by atoms with van der Waals surface area (Å²) in [6.07, 6.45) is 0. The fourth-order valence-electron chi connectivity index (χ4n) is 5.32. The van der Waals surface area contributed by atoms with Crippen molar-refractivity contribution in [3.8, 4) is 5.75 Å². The number of nitrogens with zero attached hydrogens (tertiary/aromatic N) is 2. The number of hydrogen-bond acceptors (Lipinski definition) is 3. The second-order valence-corrected chi connectivity index (χ2v) is 12.7. The molecule has 0 bridgehead atoms. The highest BCUT2D eigenvalue weighted by atomic mass is 35.5.